The van der Waals surface area contributed by atoms with Gasteiger partial charge in [-0.3, -0.25) is 4.79 Å². The minimum absolute atomic E-state index is 0.441. The molecule has 0 amide bonds. The van der Waals surface area contributed by atoms with E-state index in [1.54, 1.807) is 6.92 Å². The molecule has 3 nitrogen and oxygen atoms in total. The molecule has 1 aromatic rings. The van der Waals surface area contributed by atoms with Gasteiger partial charge in [-0.25, -0.2) is 0 Å². The summed E-state index contributed by atoms with van der Waals surface area (Å²) in [5.41, 5.74) is 1.01. The van der Waals surface area contributed by atoms with Crippen LogP contribution in [0, 0.1) is 5.92 Å². The summed E-state index contributed by atoms with van der Waals surface area (Å²) in [4.78, 5) is 10.9. The number of aliphatic carboxylic acids is 1. The second-order valence-corrected chi connectivity index (χ2v) is 4.29. The van der Waals surface area contributed by atoms with Crippen LogP contribution in [0.1, 0.15) is 18.1 Å². The van der Waals surface area contributed by atoms with Crippen LogP contribution in [-0.4, -0.2) is 21.8 Å². The topological polar surface area (TPSA) is 57.5 Å². The summed E-state index contributed by atoms with van der Waals surface area (Å²) in [5.74, 6) is -1.67. The Bertz CT molecular complexity index is 373. The zero-order chi connectivity index (χ0) is 11.1. The lowest BCUT2D eigenvalue weighted by molar-refractivity contribution is -0.150. The lowest BCUT2D eigenvalue weighted by Crippen LogP contribution is -2.41. The monoisotopic (exact) mass is 206 g/mol. The molecule has 0 fully saturated rings. The predicted octanol–water partition coefficient (Wildman–Crippen LogP) is 1.24. The van der Waals surface area contributed by atoms with Gasteiger partial charge in [-0.1, -0.05) is 24.3 Å². The number of hydrogen-bond donors (Lipinski definition) is 2. The van der Waals surface area contributed by atoms with Crippen molar-refractivity contribution in [3.63, 3.8) is 0 Å². The van der Waals surface area contributed by atoms with E-state index >= 15 is 0 Å². The minimum atomic E-state index is -1.12. The van der Waals surface area contributed by atoms with Gasteiger partial charge in [0.1, 0.15) is 0 Å². The molecule has 0 saturated carbocycles. The van der Waals surface area contributed by atoms with Gasteiger partial charge in [-0.05, 0) is 18.1 Å². The summed E-state index contributed by atoms with van der Waals surface area (Å²) < 4.78 is 0. The number of carbonyl (C=O) groups is 1. The number of aliphatic hydroxyl groups is 1. The van der Waals surface area contributed by atoms with Gasteiger partial charge < -0.3 is 10.2 Å². The van der Waals surface area contributed by atoms with Crippen LogP contribution in [0.4, 0.5) is 0 Å². The number of carboxylic acids is 1. The van der Waals surface area contributed by atoms with E-state index in [4.69, 9.17) is 5.11 Å². The van der Waals surface area contributed by atoms with Crippen molar-refractivity contribution in [2.45, 2.75) is 25.4 Å². The van der Waals surface area contributed by atoms with Crippen molar-refractivity contribution >= 4 is 5.97 Å². The third-order valence-corrected chi connectivity index (χ3v) is 3.29. The van der Waals surface area contributed by atoms with Gasteiger partial charge in [-0.2, -0.15) is 0 Å². The molecule has 0 aromatic heterocycles. The maximum absolute atomic E-state index is 10.9. The molecular formula is C12H14O3. The molecule has 80 valence electrons. The van der Waals surface area contributed by atoms with Crippen LogP contribution in [-0.2, 0) is 17.6 Å². The van der Waals surface area contributed by atoms with E-state index in [1.165, 1.54) is 0 Å². The lowest BCUT2D eigenvalue weighted by atomic mass is 9.86. The number of rotatable bonds is 2. The lowest BCUT2D eigenvalue weighted by Gasteiger charge is -2.26. The van der Waals surface area contributed by atoms with Crippen molar-refractivity contribution in [1.29, 1.82) is 0 Å². The van der Waals surface area contributed by atoms with E-state index < -0.39 is 17.5 Å². The van der Waals surface area contributed by atoms with E-state index in [0.717, 1.165) is 11.1 Å². The molecule has 2 rings (SSSR count). The van der Waals surface area contributed by atoms with Crippen LogP contribution >= 0.6 is 0 Å². The minimum Gasteiger partial charge on any atom is -0.481 e. The molecule has 1 unspecified atom stereocenters. The Morgan fingerprint density at radius 3 is 2.20 bits per heavy atom. The Hall–Kier alpha value is -1.35. The Kier molecular flexibility index (Phi) is 2.27. The highest BCUT2D eigenvalue weighted by atomic mass is 16.4. The molecule has 1 aliphatic rings. The maximum Gasteiger partial charge on any atom is 0.309 e. The van der Waals surface area contributed by atoms with Crippen molar-refractivity contribution in [3.8, 4) is 0 Å². The van der Waals surface area contributed by atoms with Gasteiger partial charge in [0.05, 0.1) is 11.5 Å². The zero-order valence-corrected chi connectivity index (χ0v) is 8.60. The van der Waals surface area contributed by atoms with Gasteiger partial charge in [-0.15, -0.1) is 0 Å². The standard InChI is InChI=1S/C12H14O3/c1-8(11(13)14)12(15)6-9-4-2-3-5-10(9)7-12/h2-5,8,15H,6-7H2,1H3,(H,13,14). The summed E-state index contributed by atoms with van der Waals surface area (Å²) in [6.07, 6.45) is 0.882. The first-order valence-corrected chi connectivity index (χ1v) is 5.05. The van der Waals surface area contributed by atoms with E-state index in [2.05, 4.69) is 0 Å². The second kappa shape index (κ2) is 3.35. The van der Waals surface area contributed by atoms with Crippen molar-refractivity contribution in [1.82, 2.24) is 0 Å². The van der Waals surface area contributed by atoms with Crippen molar-refractivity contribution < 1.29 is 15.0 Å². The molecule has 1 aromatic carbocycles. The number of fused-ring (bicyclic) bond motifs is 1. The highest BCUT2D eigenvalue weighted by Gasteiger charge is 2.43. The molecule has 0 aliphatic heterocycles. The molecule has 0 bridgehead atoms. The van der Waals surface area contributed by atoms with E-state index in [1.807, 2.05) is 24.3 Å². The van der Waals surface area contributed by atoms with Crippen LogP contribution in [0.25, 0.3) is 0 Å². The first-order chi connectivity index (χ1) is 7.03. The fraction of sp³-hybridized carbons (Fsp3) is 0.417. The predicted molar refractivity (Wildman–Crippen MR) is 55.6 cm³/mol. The third kappa shape index (κ3) is 1.63. The quantitative estimate of drug-likeness (QED) is 0.765. The first-order valence-electron chi connectivity index (χ1n) is 5.05. The molecule has 0 spiro atoms. The summed E-state index contributed by atoms with van der Waals surface area (Å²) in [5, 5.41) is 19.2. The smallest absolute Gasteiger partial charge is 0.309 e. The number of hydrogen-bond acceptors (Lipinski definition) is 2. The molecule has 2 N–H and O–H groups in total. The first kappa shape index (κ1) is 10.2. The van der Waals surface area contributed by atoms with Gasteiger partial charge in [0.2, 0.25) is 0 Å². The third-order valence-electron chi connectivity index (χ3n) is 3.29. The second-order valence-electron chi connectivity index (χ2n) is 4.29. The molecule has 15 heavy (non-hydrogen) atoms. The normalized spacial score (nSPS) is 19.6. The summed E-state index contributed by atoms with van der Waals surface area (Å²) in [6, 6.07) is 7.72. The van der Waals surface area contributed by atoms with E-state index in [9.17, 15) is 9.90 Å². The zero-order valence-electron chi connectivity index (χ0n) is 8.60. The molecule has 0 saturated heterocycles. The molecule has 0 heterocycles. The summed E-state index contributed by atoms with van der Waals surface area (Å²) >= 11 is 0. The van der Waals surface area contributed by atoms with Gasteiger partial charge >= 0.3 is 5.97 Å². The van der Waals surface area contributed by atoms with Crippen molar-refractivity contribution in [2.24, 2.45) is 5.92 Å². The van der Waals surface area contributed by atoms with Crippen molar-refractivity contribution in [3.05, 3.63) is 35.4 Å². The Morgan fingerprint density at radius 1 is 1.33 bits per heavy atom. The average molecular weight is 206 g/mol. The number of benzene rings is 1. The average Bonchev–Trinajstić information content (AvgIpc) is 2.54. The van der Waals surface area contributed by atoms with Gasteiger partial charge in [0.15, 0.2) is 0 Å². The molecule has 1 aliphatic carbocycles. The van der Waals surface area contributed by atoms with E-state index in [-0.39, 0.29) is 0 Å². The number of carboxylic acid groups (broad SMARTS) is 1. The fourth-order valence-electron chi connectivity index (χ4n) is 2.16. The van der Waals surface area contributed by atoms with Crippen LogP contribution in [0.5, 0.6) is 0 Å². The largest absolute Gasteiger partial charge is 0.481 e. The Balaban J connectivity index is 2.28. The SMILES string of the molecule is CC(C(=O)O)C1(O)Cc2ccccc2C1. The summed E-state index contributed by atoms with van der Waals surface area (Å²) in [7, 11) is 0. The highest BCUT2D eigenvalue weighted by molar-refractivity contribution is 5.71. The highest BCUT2D eigenvalue weighted by Crippen LogP contribution is 2.35. The van der Waals surface area contributed by atoms with Crippen LogP contribution in [0.2, 0.25) is 0 Å². The van der Waals surface area contributed by atoms with Gasteiger partial charge in [0.25, 0.3) is 0 Å². The van der Waals surface area contributed by atoms with Crippen LogP contribution in [0.3, 0.4) is 0 Å². The molecule has 0 radical (unpaired) electrons. The molecule has 3 heteroatoms. The van der Waals surface area contributed by atoms with Crippen molar-refractivity contribution in [2.75, 3.05) is 0 Å². The molecule has 1 atom stereocenters. The maximum atomic E-state index is 10.9. The fourth-order valence-corrected chi connectivity index (χ4v) is 2.16. The molecular weight excluding hydrogens is 192 g/mol. The van der Waals surface area contributed by atoms with Crippen LogP contribution in [0.15, 0.2) is 24.3 Å². The van der Waals surface area contributed by atoms with Gasteiger partial charge in [0, 0.05) is 12.8 Å². The Morgan fingerprint density at radius 2 is 1.80 bits per heavy atom. The van der Waals surface area contributed by atoms with Crippen LogP contribution < -0.4 is 0 Å². The summed E-state index contributed by atoms with van der Waals surface area (Å²) in [6.45, 7) is 1.56. The Labute approximate surface area is 88.4 Å². The van der Waals surface area contributed by atoms with E-state index in [0.29, 0.717) is 12.8 Å².